The minimum Gasteiger partial charge on any atom is -0.383 e. The van der Waals surface area contributed by atoms with Crippen LogP contribution in [0.4, 0.5) is 11.5 Å². The minimum absolute atomic E-state index is 0.134. The van der Waals surface area contributed by atoms with Crippen LogP contribution in [0, 0.1) is 25.2 Å². The molecule has 3 rings (SSSR count). The first-order valence-corrected chi connectivity index (χ1v) is 8.55. The lowest BCUT2D eigenvalue weighted by molar-refractivity contribution is -0.114. The van der Waals surface area contributed by atoms with E-state index in [1.54, 1.807) is 12.1 Å². The number of nitriles is 1. The van der Waals surface area contributed by atoms with E-state index in [2.05, 4.69) is 22.4 Å². The highest BCUT2D eigenvalue weighted by Gasteiger charge is 2.14. The lowest BCUT2D eigenvalue weighted by Crippen LogP contribution is -2.05. The highest BCUT2D eigenvalue weighted by Crippen LogP contribution is 2.33. The van der Waals surface area contributed by atoms with Gasteiger partial charge in [0.1, 0.15) is 17.5 Å². The van der Waals surface area contributed by atoms with Crippen molar-refractivity contribution in [2.45, 2.75) is 20.8 Å². The fourth-order valence-corrected chi connectivity index (χ4v) is 3.09. The number of anilines is 2. The second-order valence-corrected chi connectivity index (χ2v) is 6.50. The average Bonchev–Trinajstić information content (AvgIpc) is 2.61. The average molecular weight is 356 g/mol. The van der Waals surface area contributed by atoms with Gasteiger partial charge in [-0.15, -0.1) is 0 Å². The minimum atomic E-state index is -0.134. The molecule has 0 bridgehead atoms. The normalized spacial score (nSPS) is 10.3. The van der Waals surface area contributed by atoms with Crippen molar-refractivity contribution in [2.75, 3.05) is 11.1 Å². The zero-order valence-corrected chi connectivity index (χ0v) is 15.5. The molecule has 134 valence electrons. The van der Waals surface area contributed by atoms with E-state index in [1.807, 2.05) is 44.2 Å². The number of pyridine rings is 1. The molecule has 0 unspecified atom stereocenters. The third kappa shape index (κ3) is 3.80. The number of carbonyl (C=O) groups is 1. The Bertz CT molecular complexity index is 1060. The second kappa shape index (κ2) is 7.30. The molecule has 0 saturated heterocycles. The molecule has 3 N–H and O–H groups in total. The van der Waals surface area contributed by atoms with E-state index < -0.39 is 0 Å². The SMILES string of the molecule is CC(=O)Nc1ccc(-c2cc(-c3ccc(C)cc3C)nc(N)c2C#N)cc1. The number of nitrogen functional groups attached to an aromatic ring is 1. The molecule has 5 heteroatoms. The van der Waals surface area contributed by atoms with Gasteiger partial charge in [-0.1, -0.05) is 35.9 Å². The molecule has 1 aromatic heterocycles. The number of nitrogens with two attached hydrogens (primary N) is 1. The van der Waals surface area contributed by atoms with E-state index in [0.29, 0.717) is 16.8 Å². The molecule has 3 aromatic rings. The topological polar surface area (TPSA) is 91.8 Å². The van der Waals surface area contributed by atoms with Crippen molar-refractivity contribution in [3.8, 4) is 28.5 Å². The molecular formula is C22H20N4O. The summed E-state index contributed by atoms with van der Waals surface area (Å²) in [6.07, 6.45) is 0. The van der Waals surface area contributed by atoms with Crippen molar-refractivity contribution >= 4 is 17.4 Å². The van der Waals surface area contributed by atoms with Crippen LogP contribution in [0.1, 0.15) is 23.6 Å². The molecule has 0 aliphatic heterocycles. The molecule has 27 heavy (non-hydrogen) atoms. The van der Waals surface area contributed by atoms with E-state index in [9.17, 15) is 10.1 Å². The highest BCUT2D eigenvalue weighted by molar-refractivity contribution is 5.89. The van der Waals surface area contributed by atoms with Crippen LogP contribution in [0.2, 0.25) is 0 Å². The fourth-order valence-electron chi connectivity index (χ4n) is 3.09. The maximum absolute atomic E-state index is 11.2. The number of nitrogens with one attached hydrogen (secondary N) is 1. The van der Waals surface area contributed by atoms with Crippen LogP contribution in [0.25, 0.3) is 22.4 Å². The Hall–Kier alpha value is -3.65. The maximum Gasteiger partial charge on any atom is 0.221 e. The third-order valence-corrected chi connectivity index (χ3v) is 4.33. The summed E-state index contributed by atoms with van der Waals surface area (Å²) in [5.41, 5.74) is 12.7. The van der Waals surface area contributed by atoms with Gasteiger partial charge < -0.3 is 11.1 Å². The zero-order chi connectivity index (χ0) is 19.6. The highest BCUT2D eigenvalue weighted by atomic mass is 16.1. The van der Waals surface area contributed by atoms with Crippen LogP contribution in [0.3, 0.4) is 0 Å². The Kier molecular flexibility index (Phi) is 4.91. The summed E-state index contributed by atoms with van der Waals surface area (Å²) in [7, 11) is 0. The molecule has 1 amide bonds. The van der Waals surface area contributed by atoms with Crippen LogP contribution in [-0.4, -0.2) is 10.9 Å². The predicted molar refractivity (Wildman–Crippen MR) is 108 cm³/mol. The lowest BCUT2D eigenvalue weighted by atomic mass is 9.96. The standard InChI is InChI=1S/C22H20N4O/c1-13-4-9-18(14(2)10-13)21-11-19(20(12-23)22(24)26-21)16-5-7-17(8-6-16)25-15(3)27/h4-11H,1-3H3,(H2,24,26)(H,25,27). The molecule has 0 saturated carbocycles. The van der Waals surface area contributed by atoms with Crippen molar-refractivity contribution in [1.29, 1.82) is 5.26 Å². The summed E-state index contributed by atoms with van der Waals surface area (Å²) < 4.78 is 0. The number of nitrogens with zero attached hydrogens (tertiary/aromatic N) is 2. The van der Waals surface area contributed by atoms with Crippen LogP contribution in [-0.2, 0) is 4.79 Å². The van der Waals surface area contributed by atoms with Gasteiger partial charge in [0.15, 0.2) is 0 Å². The largest absolute Gasteiger partial charge is 0.383 e. The summed E-state index contributed by atoms with van der Waals surface area (Å²) >= 11 is 0. The van der Waals surface area contributed by atoms with E-state index in [1.165, 1.54) is 12.5 Å². The Balaban J connectivity index is 2.13. The van der Waals surface area contributed by atoms with Gasteiger partial charge in [-0.3, -0.25) is 4.79 Å². The molecule has 0 aliphatic rings. The molecule has 0 spiro atoms. The molecular weight excluding hydrogens is 336 g/mol. The van der Waals surface area contributed by atoms with Gasteiger partial charge in [-0.25, -0.2) is 4.98 Å². The van der Waals surface area contributed by atoms with E-state index >= 15 is 0 Å². The molecule has 5 nitrogen and oxygen atoms in total. The van der Waals surface area contributed by atoms with Crippen LogP contribution in [0.5, 0.6) is 0 Å². The number of hydrogen-bond acceptors (Lipinski definition) is 4. The number of aromatic nitrogens is 1. The zero-order valence-electron chi connectivity index (χ0n) is 15.5. The third-order valence-electron chi connectivity index (χ3n) is 4.33. The van der Waals surface area contributed by atoms with Crippen molar-refractivity contribution < 1.29 is 4.79 Å². The number of amides is 1. The number of carbonyl (C=O) groups excluding carboxylic acids is 1. The van der Waals surface area contributed by atoms with Gasteiger partial charge in [0, 0.05) is 23.7 Å². The van der Waals surface area contributed by atoms with Crippen molar-refractivity contribution in [2.24, 2.45) is 0 Å². The molecule has 0 atom stereocenters. The smallest absolute Gasteiger partial charge is 0.221 e. The number of rotatable bonds is 3. The van der Waals surface area contributed by atoms with Gasteiger partial charge >= 0.3 is 0 Å². The Morgan fingerprint density at radius 3 is 2.37 bits per heavy atom. The van der Waals surface area contributed by atoms with Gasteiger partial charge in [-0.2, -0.15) is 5.26 Å². The lowest BCUT2D eigenvalue weighted by Gasteiger charge is -2.13. The van der Waals surface area contributed by atoms with E-state index in [0.717, 1.165) is 22.4 Å². The molecule has 1 heterocycles. The summed E-state index contributed by atoms with van der Waals surface area (Å²) in [4.78, 5) is 15.6. The summed E-state index contributed by atoms with van der Waals surface area (Å²) in [5, 5.41) is 12.3. The number of benzene rings is 2. The molecule has 0 fully saturated rings. The molecule has 2 aromatic carbocycles. The summed E-state index contributed by atoms with van der Waals surface area (Å²) in [6, 6.07) is 17.5. The Labute approximate surface area is 158 Å². The van der Waals surface area contributed by atoms with Crippen molar-refractivity contribution in [1.82, 2.24) is 4.98 Å². The van der Waals surface area contributed by atoms with Crippen LogP contribution < -0.4 is 11.1 Å². The molecule has 0 aliphatic carbocycles. The summed E-state index contributed by atoms with van der Waals surface area (Å²) in [6.45, 7) is 5.53. The van der Waals surface area contributed by atoms with Gasteiger partial charge in [0.2, 0.25) is 5.91 Å². The van der Waals surface area contributed by atoms with Crippen LogP contribution >= 0.6 is 0 Å². The maximum atomic E-state index is 11.2. The Morgan fingerprint density at radius 1 is 1.07 bits per heavy atom. The van der Waals surface area contributed by atoms with Crippen molar-refractivity contribution in [3.63, 3.8) is 0 Å². The van der Waals surface area contributed by atoms with Gasteiger partial charge in [-0.05, 0) is 43.2 Å². The predicted octanol–water partition coefficient (Wildman–Crippen LogP) is 4.44. The van der Waals surface area contributed by atoms with Crippen molar-refractivity contribution in [3.05, 3.63) is 65.2 Å². The monoisotopic (exact) mass is 356 g/mol. The first-order chi connectivity index (χ1) is 12.9. The van der Waals surface area contributed by atoms with Gasteiger partial charge in [0.25, 0.3) is 0 Å². The Morgan fingerprint density at radius 2 is 1.78 bits per heavy atom. The fraction of sp³-hybridized carbons (Fsp3) is 0.136. The van der Waals surface area contributed by atoms with E-state index in [4.69, 9.17) is 5.73 Å². The van der Waals surface area contributed by atoms with Gasteiger partial charge in [0.05, 0.1) is 5.69 Å². The number of aryl methyl sites for hydroxylation is 2. The quantitative estimate of drug-likeness (QED) is 0.725. The first kappa shape index (κ1) is 18.2. The summed E-state index contributed by atoms with van der Waals surface area (Å²) in [5.74, 6) is 0.0710. The molecule has 0 radical (unpaired) electrons. The van der Waals surface area contributed by atoms with E-state index in [-0.39, 0.29) is 11.7 Å². The number of hydrogen-bond donors (Lipinski definition) is 2. The first-order valence-electron chi connectivity index (χ1n) is 8.55. The van der Waals surface area contributed by atoms with Crippen LogP contribution in [0.15, 0.2) is 48.5 Å². The second-order valence-electron chi connectivity index (χ2n) is 6.50.